The molecule has 1 heterocycles. The van der Waals surface area contributed by atoms with Crippen molar-refractivity contribution in [1.29, 1.82) is 0 Å². The van der Waals surface area contributed by atoms with Gasteiger partial charge in [0, 0.05) is 11.4 Å². The molecule has 0 fully saturated rings. The Labute approximate surface area is 133 Å². The van der Waals surface area contributed by atoms with Gasteiger partial charge < -0.3 is 14.4 Å². The van der Waals surface area contributed by atoms with Crippen LogP contribution in [-0.4, -0.2) is 28.0 Å². The first-order valence-electron chi connectivity index (χ1n) is 7.02. The highest BCUT2D eigenvalue weighted by atomic mass is 32.2. The van der Waals surface area contributed by atoms with Crippen LogP contribution in [0.1, 0.15) is 11.4 Å². The Bertz CT molecular complexity index is 798. The molecular weight excluding hydrogens is 296 g/mol. The molecule has 114 valence electrons. The molecule has 1 N–H and O–H groups in total. The Morgan fingerprint density at radius 3 is 2.77 bits per heavy atom. The van der Waals surface area contributed by atoms with E-state index in [0.29, 0.717) is 12.4 Å². The number of methoxy groups -OCH3 is 1. The topological polar surface area (TPSA) is 47.3 Å². The summed E-state index contributed by atoms with van der Waals surface area (Å²) in [5, 5.41) is 9.57. The second-order valence-electron chi connectivity index (χ2n) is 4.95. The fourth-order valence-electron chi connectivity index (χ4n) is 2.58. The van der Waals surface area contributed by atoms with Crippen molar-refractivity contribution in [2.45, 2.75) is 18.0 Å². The van der Waals surface area contributed by atoms with Crippen molar-refractivity contribution in [2.24, 2.45) is 0 Å². The molecule has 1 aromatic heterocycles. The largest absolute Gasteiger partial charge is 0.496 e. The fourth-order valence-corrected chi connectivity index (χ4v) is 3.13. The van der Waals surface area contributed by atoms with Crippen LogP contribution in [0.4, 0.5) is 0 Å². The highest BCUT2D eigenvalue weighted by molar-refractivity contribution is 7.98. The Morgan fingerprint density at radius 1 is 1.23 bits per heavy atom. The van der Waals surface area contributed by atoms with Gasteiger partial charge >= 0.3 is 0 Å². The van der Waals surface area contributed by atoms with Gasteiger partial charge in [-0.1, -0.05) is 18.2 Å². The van der Waals surface area contributed by atoms with E-state index in [0.717, 1.165) is 27.2 Å². The molecule has 5 heteroatoms. The molecule has 3 aromatic rings. The summed E-state index contributed by atoms with van der Waals surface area (Å²) in [7, 11) is 1.69. The fraction of sp³-hybridized carbons (Fsp3) is 0.235. The zero-order valence-electron chi connectivity index (χ0n) is 12.6. The van der Waals surface area contributed by atoms with E-state index < -0.39 is 0 Å². The maximum atomic E-state index is 9.57. The van der Waals surface area contributed by atoms with Gasteiger partial charge in [-0.25, -0.2) is 4.98 Å². The highest BCUT2D eigenvalue weighted by Gasteiger charge is 2.11. The van der Waals surface area contributed by atoms with Gasteiger partial charge in [-0.15, -0.1) is 11.8 Å². The van der Waals surface area contributed by atoms with Gasteiger partial charge in [-0.05, 0) is 36.1 Å². The van der Waals surface area contributed by atoms with Crippen molar-refractivity contribution in [1.82, 2.24) is 9.55 Å². The number of imidazole rings is 1. The van der Waals surface area contributed by atoms with Crippen LogP contribution >= 0.6 is 11.8 Å². The number of hydrogen-bond donors (Lipinski definition) is 1. The van der Waals surface area contributed by atoms with Crippen LogP contribution in [-0.2, 0) is 13.2 Å². The minimum absolute atomic E-state index is 0.0747. The van der Waals surface area contributed by atoms with Crippen LogP contribution < -0.4 is 4.74 Å². The van der Waals surface area contributed by atoms with Crippen molar-refractivity contribution in [3.8, 4) is 5.75 Å². The summed E-state index contributed by atoms with van der Waals surface area (Å²) < 4.78 is 7.49. The first kappa shape index (κ1) is 14.9. The average Bonchev–Trinajstić information content (AvgIpc) is 2.92. The minimum Gasteiger partial charge on any atom is -0.496 e. The van der Waals surface area contributed by atoms with Gasteiger partial charge in [-0.2, -0.15) is 0 Å². The number of hydrogen-bond acceptors (Lipinski definition) is 4. The number of rotatable bonds is 5. The number of nitrogens with zero attached hydrogens (tertiary/aromatic N) is 2. The standard InChI is InChI=1S/C17H18N2O2S/c1-21-15-9-12(7-8-16(15)22-2)10-19-14-6-4-3-5-13(14)18-17(19)11-20/h3-9,20H,10-11H2,1-2H3. The van der Waals surface area contributed by atoms with E-state index in [1.165, 1.54) is 0 Å². The highest BCUT2D eigenvalue weighted by Crippen LogP contribution is 2.29. The quantitative estimate of drug-likeness (QED) is 0.734. The normalized spacial score (nSPS) is 11.0. The summed E-state index contributed by atoms with van der Waals surface area (Å²) in [4.78, 5) is 5.60. The van der Waals surface area contributed by atoms with E-state index in [2.05, 4.69) is 17.1 Å². The lowest BCUT2D eigenvalue weighted by molar-refractivity contribution is 0.267. The number of aliphatic hydroxyl groups is 1. The van der Waals surface area contributed by atoms with E-state index in [-0.39, 0.29) is 6.61 Å². The summed E-state index contributed by atoms with van der Waals surface area (Å²) in [6.07, 6.45) is 2.03. The number of thioether (sulfide) groups is 1. The molecule has 0 saturated carbocycles. The van der Waals surface area contributed by atoms with Gasteiger partial charge in [0.2, 0.25) is 0 Å². The Hall–Kier alpha value is -1.98. The molecule has 0 saturated heterocycles. The molecule has 0 bridgehead atoms. The van der Waals surface area contributed by atoms with E-state index in [1.807, 2.05) is 41.2 Å². The van der Waals surface area contributed by atoms with Crippen LogP contribution in [0.3, 0.4) is 0 Å². The molecule has 2 aromatic carbocycles. The van der Waals surface area contributed by atoms with Crippen LogP contribution in [0.2, 0.25) is 0 Å². The third kappa shape index (κ3) is 2.69. The molecule has 3 rings (SSSR count). The Morgan fingerprint density at radius 2 is 2.05 bits per heavy atom. The van der Waals surface area contributed by atoms with E-state index in [1.54, 1.807) is 18.9 Å². The molecule has 0 radical (unpaired) electrons. The Balaban J connectivity index is 2.02. The maximum absolute atomic E-state index is 9.57. The molecule has 0 spiro atoms. The lowest BCUT2D eigenvalue weighted by Crippen LogP contribution is -2.05. The summed E-state index contributed by atoms with van der Waals surface area (Å²) in [5.41, 5.74) is 3.05. The van der Waals surface area contributed by atoms with Crippen molar-refractivity contribution in [3.05, 3.63) is 53.9 Å². The maximum Gasteiger partial charge on any atom is 0.136 e. The number of ether oxygens (including phenoxy) is 1. The van der Waals surface area contributed by atoms with Crippen molar-refractivity contribution in [3.63, 3.8) is 0 Å². The third-order valence-electron chi connectivity index (χ3n) is 3.66. The summed E-state index contributed by atoms with van der Waals surface area (Å²) in [5.74, 6) is 1.55. The lowest BCUT2D eigenvalue weighted by atomic mass is 10.2. The molecular formula is C17H18N2O2S. The van der Waals surface area contributed by atoms with E-state index >= 15 is 0 Å². The molecule has 0 amide bonds. The summed E-state index contributed by atoms with van der Waals surface area (Å²) in [6, 6.07) is 14.1. The second-order valence-corrected chi connectivity index (χ2v) is 5.80. The zero-order chi connectivity index (χ0) is 15.5. The van der Waals surface area contributed by atoms with Crippen molar-refractivity contribution >= 4 is 22.8 Å². The molecule has 0 atom stereocenters. The molecule has 0 aliphatic carbocycles. The number of fused-ring (bicyclic) bond motifs is 1. The minimum atomic E-state index is -0.0747. The van der Waals surface area contributed by atoms with Crippen LogP contribution in [0.25, 0.3) is 11.0 Å². The molecule has 0 aliphatic rings. The van der Waals surface area contributed by atoms with Crippen LogP contribution in [0.5, 0.6) is 5.75 Å². The summed E-state index contributed by atoms with van der Waals surface area (Å²) in [6.45, 7) is 0.580. The smallest absolute Gasteiger partial charge is 0.136 e. The lowest BCUT2D eigenvalue weighted by Gasteiger charge is -2.11. The van der Waals surface area contributed by atoms with Gasteiger partial charge in [0.05, 0.1) is 18.1 Å². The van der Waals surface area contributed by atoms with Gasteiger partial charge in [0.15, 0.2) is 0 Å². The predicted molar refractivity (Wildman–Crippen MR) is 89.5 cm³/mol. The molecule has 4 nitrogen and oxygen atoms in total. The Kier molecular flexibility index (Phi) is 4.36. The third-order valence-corrected chi connectivity index (χ3v) is 4.44. The number of para-hydroxylation sites is 2. The van der Waals surface area contributed by atoms with Gasteiger partial charge in [0.1, 0.15) is 18.2 Å². The zero-order valence-corrected chi connectivity index (χ0v) is 13.4. The van der Waals surface area contributed by atoms with Crippen molar-refractivity contribution < 1.29 is 9.84 Å². The second kappa shape index (κ2) is 6.42. The monoisotopic (exact) mass is 314 g/mol. The first-order chi connectivity index (χ1) is 10.8. The van der Waals surface area contributed by atoms with Crippen molar-refractivity contribution in [2.75, 3.05) is 13.4 Å². The van der Waals surface area contributed by atoms with Gasteiger partial charge in [0.25, 0.3) is 0 Å². The van der Waals surface area contributed by atoms with Crippen LogP contribution in [0.15, 0.2) is 47.4 Å². The molecule has 0 unspecified atom stereocenters. The number of benzene rings is 2. The number of aromatic nitrogens is 2. The summed E-state index contributed by atoms with van der Waals surface area (Å²) >= 11 is 1.66. The predicted octanol–water partition coefficient (Wildman–Crippen LogP) is 3.31. The van der Waals surface area contributed by atoms with Crippen LogP contribution in [0, 0.1) is 0 Å². The SMILES string of the molecule is COc1cc(Cn2c(CO)nc3ccccc32)ccc1SC. The average molecular weight is 314 g/mol. The first-order valence-corrected chi connectivity index (χ1v) is 8.25. The molecule has 0 aliphatic heterocycles. The van der Waals surface area contributed by atoms with E-state index in [4.69, 9.17) is 4.74 Å². The van der Waals surface area contributed by atoms with Gasteiger partial charge in [-0.3, -0.25) is 0 Å². The van der Waals surface area contributed by atoms with E-state index in [9.17, 15) is 5.11 Å². The number of aliphatic hydroxyl groups excluding tert-OH is 1. The molecule has 22 heavy (non-hydrogen) atoms.